The summed E-state index contributed by atoms with van der Waals surface area (Å²) < 4.78 is 5.02. The largest absolute Gasteiger partial charge is 0.467 e. The summed E-state index contributed by atoms with van der Waals surface area (Å²) in [5, 5.41) is 1.28. The number of likely N-dealkylation sites (tertiary alicyclic amines) is 1. The number of nitrogens with zero attached hydrogens (tertiary/aromatic N) is 4. The smallest absolute Gasteiger partial charge is 0.316 e. The average Bonchev–Trinajstić information content (AvgIpc) is 3.09. The van der Waals surface area contributed by atoms with E-state index in [0.29, 0.717) is 11.9 Å². The minimum absolute atomic E-state index is 0.424. The lowest BCUT2D eigenvalue weighted by atomic mass is 9.96. The predicted octanol–water partition coefficient (Wildman–Crippen LogP) is 3.10. The molecule has 5 nitrogen and oxygen atoms in total. The third-order valence-corrected chi connectivity index (χ3v) is 4.89. The molecule has 0 N–H and O–H groups in total. The number of aromatic nitrogens is 3. The summed E-state index contributed by atoms with van der Waals surface area (Å²) in [5.74, 6) is 0.685. The summed E-state index contributed by atoms with van der Waals surface area (Å²) >= 11 is 0. The van der Waals surface area contributed by atoms with Crippen molar-refractivity contribution in [3.8, 4) is 6.01 Å². The van der Waals surface area contributed by atoms with Crippen molar-refractivity contribution in [3.63, 3.8) is 0 Å². The van der Waals surface area contributed by atoms with E-state index < -0.39 is 0 Å². The van der Waals surface area contributed by atoms with Crippen molar-refractivity contribution < 1.29 is 4.74 Å². The number of benzene rings is 1. The molecule has 4 rings (SSSR count). The SMILES string of the molecule is COc1ncc(CN2CC[C@H](Cc3ccnc4ccccc34)C2)cn1. The van der Waals surface area contributed by atoms with Crippen LogP contribution in [0.15, 0.2) is 48.9 Å². The molecule has 0 bridgehead atoms. The summed E-state index contributed by atoms with van der Waals surface area (Å²) in [4.78, 5) is 15.3. The van der Waals surface area contributed by atoms with Crippen molar-refractivity contribution in [2.24, 2.45) is 5.92 Å². The summed E-state index contributed by atoms with van der Waals surface area (Å²) in [6, 6.07) is 11.0. The van der Waals surface area contributed by atoms with Crippen molar-refractivity contribution in [1.29, 1.82) is 0 Å². The highest BCUT2D eigenvalue weighted by Crippen LogP contribution is 2.25. The molecule has 5 heteroatoms. The molecule has 128 valence electrons. The molecule has 0 saturated carbocycles. The summed E-state index contributed by atoms with van der Waals surface area (Å²) in [7, 11) is 1.59. The van der Waals surface area contributed by atoms with Gasteiger partial charge in [0.1, 0.15) is 0 Å². The van der Waals surface area contributed by atoms with E-state index in [4.69, 9.17) is 4.74 Å². The van der Waals surface area contributed by atoms with E-state index in [9.17, 15) is 0 Å². The van der Waals surface area contributed by atoms with Gasteiger partial charge in [0.15, 0.2) is 0 Å². The molecule has 3 aromatic rings. The van der Waals surface area contributed by atoms with E-state index >= 15 is 0 Å². The fraction of sp³-hybridized carbons (Fsp3) is 0.350. The Kier molecular flexibility index (Phi) is 4.57. The molecule has 0 unspecified atom stereocenters. The van der Waals surface area contributed by atoms with Crippen LogP contribution in [0, 0.1) is 5.92 Å². The van der Waals surface area contributed by atoms with E-state index in [-0.39, 0.29) is 0 Å². The van der Waals surface area contributed by atoms with Gasteiger partial charge in [-0.25, -0.2) is 9.97 Å². The van der Waals surface area contributed by atoms with Crippen LogP contribution >= 0.6 is 0 Å². The van der Waals surface area contributed by atoms with Crippen molar-refractivity contribution in [2.45, 2.75) is 19.4 Å². The van der Waals surface area contributed by atoms with Crippen LogP contribution in [0.25, 0.3) is 10.9 Å². The third-order valence-electron chi connectivity index (χ3n) is 4.89. The number of hydrogen-bond donors (Lipinski definition) is 0. The molecule has 1 aromatic carbocycles. The van der Waals surface area contributed by atoms with Gasteiger partial charge in [0.2, 0.25) is 0 Å². The Morgan fingerprint density at radius 1 is 1.12 bits per heavy atom. The van der Waals surface area contributed by atoms with Gasteiger partial charge in [0, 0.05) is 42.6 Å². The first-order valence-electron chi connectivity index (χ1n) is 8.72. The van der Waals surface area contributed by atoms with Gasteiger partial charge in [-0.05, 0) is 43.0 Å². The lowest BCUT2D eigenvalue weighted by molar-refractivity contribution is 0.314. The molecule has 1 aliphatic rings. The van der Waals surface area contributed by atoms with Crippen molar-refractivity contribution in [3.05, 3.63) is 60.0 Å². The quantitative estimate of drug-likeness (QED) is 0.718. The van der Waals surface area contributed by atoms with Gasteiger partial charge in [-0.1, -0.05) is 18.2 Å². The standard InChI is InChI=1S/C20H22N4O/c1-25-20-22-11-16(12-23-20)14-24-9-7-15(13-24)10-17-6-8-21-19-5-3-2-4-18(17)19/h2-6,8,11-12,15H,7,9-10,13-14H2,1H3/t15-/m1/s1. The Morgan fingerprint density at radius 3 is 2.80 bits per heavy atom. The normalized spacial score (nSPS) is 17.9. The molecule has 0 aliphatic carbocycles. The number of rotatable bonds is 5. The zero-order valence-electron chi connectivity index (χ0n) is 14.4. The van der Waals surface area contributed by atoms with E-state index in [0.717, 1.165) is 37.1 Å². The van der Waals surface area contributed by atoms with Crippen LogP contribution in [0.4, 0.5) is 0 Å². The van der Waals surface area contributed by atoms with E-state index in [1.165, 1.54) is 17.4 Å². The summed E-state index contributed by atoms with van der Waals surface area (Å²) in [6.45, 7) is 3.14. The molecule has 25 heavy (non-hydrogen) atoms. The number of fused-ring (bicyclic) bond motifs is 1. The maximum atomic E-state index is 5.02. The van der Waals surface area contributed by atoms with Crippen LogP contribution in [0.2, 0.25) is 0 Å². The number of ether oxygens (including phenoxy) is 1. The molecule has 1 saturated heterocycles. The zero-order valence-corrected chi connectivity index (χ0v) is 14.4. The van der Waals surface area contributed by atoms with Crippen LogP contribution in [0.1, 0.15) is 17.5 Å². The molecule has 1 aliphatic heterocycles. The number of pyridine rings is 1. The van der Waals surface area contributed by atoms with Gasteiger partial charge in [-0.3, -0.25) is 9.88 Å². The molecule has 0 amide bonds. The number of methoxy groups -OCH3 is 1. The maximum absolute atomic E-state index is 5.02. The van der Waals surface area contributed by atoms with Crippen LogP contribution in [-0.2, 0) is 13.0 Å². The van der Waals surface area contributed by atoms with Crippen molar-refractivity contribution in [1.82, 2.24) is 19.9 Å². The van der Waals surface area contributed by atoms with Crippen LogP contribution < -0.4 is 4.74 Å². The molecule has 2 aromatic heterocycles. The highest BCUT2D eigenvalue weighted by Gasteiger charge is 2.23. The Balaban J connectivity index is 1.40. The molecule has 1 atom stereocenters. The van der Waals surface area contributed by atoms with E-state index in [1.807, 2.05) is 24.7 Å². The first-order valence-corrected chi connectivity index (χ1v) is 8.72. The Hall–Kier alpha value is -2.53. The molecule has 1 fully saturated rings. The van der Waals surface area contributed by atoms with Crippen molar-refractivity contribution >= 4 is 10.9 Å². The average molecular weight is 334 g/mol. The summed E-state index contributed by atoms with van der Waals surface area (Å²) in [6.07, 6.45) is 7.98. The predicted molar refractivity (Wildman–Crippen MR) is 97.4 cm³/mol. The fourth-order valence-electron chi connectivity index (χ4n) is 3.66. The van der Waals surface area contributed by atoms with Gasteiger partial charge in [-0.15, -0.1) is 0 Å². The third kappa shape index (κ3) is 3.61. The van der Waals surface area contributed by atoms with Gasteiger partial charge in [0.25, 0.3) is 0 Å². The van der Waals surface area contributed by atoms with Crippen LogP contribution in [-0.4, -0.2) is 40.1 Å². The highest BCUT2D eigenvalue weighted by molar-refractivity contribution is 5.81. The second-order valence-corrected chi connectivity index (χ2v) is 6.66. The Bertz CT molecular complexity index is 844. The molecule has 0 radical (unpaired) electrons. The van der Waals surface area contributed by atoms with Gasteiger partial charge in [0.05, 0.1) is 12.6 Å². The first-order chi connectivity index (χ1) is 12.3. The van der Waals surface area contributed by atoms with E-state index in [1.54, 1.807) is 7.11 Å². The molecule has 3 heterocycles. The topological polar surface area (TPSA) is 51.1 Å². The fourth-order valence-corrected chi connectivity index (χ4v) is 3.66. The minimum atomic E-state index is 0.424. The molecule has 0 spiro atoms. The summed E-state index contributed by atoms with van der Waals surface area (Å²) in [5.41, 5.74) is 3.63. The zero-order chi connectivity index (χ0) is 17.1. The molecular weight excluding hydrogens is 312 g/mol. The minimum Gasteiger partial charge on any atom is -0.467 e. The highest BCUT2D eigenvalue weighted by atomic mass is 16.5. The second kappa shape index (κ2) is 7.15. The first kappa shape index (κ1) is 16.0. The second-order valence-electron chi connectivity index (χ2n) is 6.66. The Labute approximate surface area is 147 Å². The molecular formula is C20H22N4O. The van der Waals surface area contributed by atoms with Gasteiger partial charge >= 0.3 is 6.01 Å². The number of hydrogen-bond acceptors (Lipinski definition) is 5. The van der Waals surface area contributed by atoms with Crippen LogP contribution in [0.3, 0.4) is 0 Å². The Morgan fingerprint density at radius 2 is 1.96 bits per heavy atom. The lowest BCUT2D eigenvalue weighted by Gasteiger charge is -2.16. The van der Waals surface area contributed by atoms with Crippen LogP contribution in [0.5, 0.6) is 6.01 Å². The van der Waals surface area contributed by atoms with E-state index in [2.05, 4.69) is 44.1 Å². The van der Waals surface area contributed by atoms with Gasteiger partial charge < -0.3 is 4.74 Å². The monoisotopic (exact) mass is 334 g/mol. The maximum Gasteiger partial charge on any atom is 0.316 e. The van der Waals surface area contributed by atoms with Gasteiger partial charge in [-0.2, -0.15) is 0 Å². The lowest BCUT2D eigenvalue weighted by Crippen LogP contribution is -2.21. The van der Waals surface area contributed by atoms with Crippen molar-refractivity contribution in [2.75, 3.05) is 20.2 Å². The number of para-hydroxylation sites is 1.